The van der Waals surface area contributed by atoms with Crippen molar-refractivity contribution in [2.45, 2.75) is 34.1 Å². The molecule has 0 saturated heterocycles. The highest BCUT2D eigenvalue weighted by Crippen LogP contribution is 2.27. The fourth-order valence-electron chi connectivity index (χ4n) is 1.03. The van der Waals surface area contributed by atoms with Gasteiger partial charge in [-0.1, -0.05) is 27.7 Å². The van der Waals surface area contributed by atoms with Crippen LogP contribution in [0.25, 0.3) is 0 Å². The van der Waals surface area contributed by atoms with Crippen molar-refractivity contribution in [2.75, 3.05) is 0 Å². The molecule has 0 fully saturated rings. The third-order valence-corrected chi connectivity index (χ3v) is 2.56. The Morgan fingerprint density at radius 1 is 1.50 bits per heavy atom. The average Bonchev–Trinajstić information content (AvgIpc) is 2.37. The number of hydrogen-bond donors (Lipinski definition) is 1. The Hall–Kier alpha value is -0.790. The molecule has 2 nitrogen and oxygen atoms in total. The van der Waals surface area contributed by atoms with Gasteiger partial charge in [-0.05, 0) is 17.8 Å². The molecule has 0 aliphatic carbocycles. The van der Waals surface area contributed by atoms with Crippen LogP contribution in [-0.4, -0.2) is 9.97 Å². The molecule has 1 aromatic rings. The molecule has 2 heteroatoms. The number of nitrogens with zero attached hydrogens (tertiary/aromatic N) is 1. The number of H-pyrrole nitrogens is 1. The van der Waals surface area contributed by atoms with E-state index in [-0.39, 0.29) is 0 Å². The molecule has 1 N–H and O–H groups in total. The summed E-state index contributed by atoms with van der Waals surface area (Å²) in [5, 5.41) is 0. The molecule has 0 amide bonds. The quantitative estimate of drug-likeness (QED) is 0.719. The number of aromatic amines is 1. The van der Waals surface area contributed by atoms with E-state index < -0.39 is 0 Å². The highest BCUT2D eigenvalue weighted by molar-refractivity contribution is 4.96. The number of hydrogen-bond acceptors (Lipinski definition) is 1. The maximum Gasteiger partial charge on any atom is 0.0921 e. The first kappa shape index (κ1) is 9.30. The molecule has 1 atom stereocenters. The first-order valence-corrected chi connectivity index (χ1v) is 4.47. The van der Waals surface area contributed by atoms with E-state index in [1.807, 2.05) is 6.20 Å². The summed E-state index contributed by atoms with van der Waals surface area (Å²) in [5.41, 5.74) is 1.61. The lowest BCUT2D eigenvalue weighted by molar-refractivity contribution is 0.259. The number of aromatic nitrogens is 2. The van der Waals surface area contributed by atoms with Gasteiger partial charge in [0.15, 0.2) is 0 Å². The highest BCUT2D eigenvalue weighted by atomic mass is 14.9. The molecular formula is C10H18N2. The molecule has 0 bridgehead atoms. The topological polar surface area (TPSA) is 28.7 Å². The Kier molecular flexibility index (Phi) is 2.55. The molecule has 0 aromatic carbocycles. The summed E-state index contributed by atoms with van der Waals surface area (Å²) < 4.78 is 0. The molecule has 0 aliphatic rings. The minimum absolute atomic E-state index is 0.380. The zero-order valence-corrected chi connectivity index (χ0v) is 8.39. The van der Waals surface area contributed by atoms with Crippen LogP contribution >= 0.6 is 0 Å². The van der Waals surface area contributed by atoms with Crippen molar-refractivity contribution in [3.05, 3.63) is 18.2 Å². The summed E-state index contributed by atoms with van der Waals surface area (Å²) >= 11 is 0. The first-order valence-electron chi connectivity index (χ1n) is 4.47. The zero-order chi connectivity index (χ0) is 9.19. The van der Waals surface area contributed by atoms with E-state index in [1.165, 1.54) is 5.69 Å². The zero-order valence-electron chi connectivity index (χ0n) is 8.39. The second kappa shape index (κ2) is 3.30. The van der Waals surface area contributed by atoms with E-state index in [4.69, 9.17) is 0 Å². The van der Waals surface area contributed by atoms with Gasteiger partial charge in [0.25, 0.3) is 0 Å². The number of imidazole rings is 1. The molecule has 0 saturated carbocycles. The van der Waals surface area contributed by atoms with E-state index in [0.717, 1.165) is 6.42 Å². The van der Waals surface area contributed by atoms with Gasteiger partial charge < -0.3 is 4.98 Å². The van der Waals surface area contributed by atoms with Gasteiger partial charge in [-0.3, -0.25) is 0 Å². The molecule has 1 heterocycles. The van der Waals surface area contributed by atoms with Gasteiger partial charge in [0, 0.05) is 11.9 Å². The lowest BCUT2D eigenvalue weighted by Crippen LogP contribution is -2.19. The van der Waals surface area contributed by atoms with Gasteiger partial charge in [0.2, 0.25) is 0 Å². The third-order valence-electron chi connectivity index (χ3n) is 2.56. The largest absolute Gasteiger partial charge is 0.348 e. The van der Waals surface area contributed by atoms with Crippen molar-refractivity contribution >= 4 is 0 Å². The van der Waals surface area contributed by atoms with Crippen LogP contribution in [0, 0.1) is 11.3 Å². The van der Waals surface area contributed by atoms with Crippen molar-refractivity contribution < 1.29 is 0 Å². The summed E-state index contributed by atoms with van der Waals surface area (Å²) in [6.45, 7) is 9.09. The van der Waals surface area contributed by atoms with Crippen molar-refractivity contribution in [3.8, 4) is 0 Å². The van der Waals surface area contributed by atoms with Crippen molar-refractivity contribution in [1.29, 1.82) is 0 Å². The van der Waals surface area contributed by atoms with Crippen molar-refractivity contribution in [3.63, 3.8) is 0 Å². The Bertz CT molecular complexity index is 218. The minimum Gasteiger partial charge on any atom is -0.348 e. The molecule has 68 valence electrons. The summed E-state index contributed by atoms with van der Waals surface area (Å²) in [6.07, 6.45) is 4.73. The second-order valence-corrected chi connectivity index (χ2v) is 4.55. The highest BCUT2D eigenvalue weighted by Gasteiger charge is 2.20. The van der Waals surface area contributed by atoms with Crippen molar-refractivity contribution in [1.82, 2.24) is 9.97 Å². The molecule has 1 aromatic heterocycles. The van der Waals surface area contributed by atoms with Crippen LogP contribution < -0.4 is 0 Å². The maximum absolute atomic E-state index is 4.00. The van der Waals surface area contributed by atoms with Crippen LogP contribution in [0.2, 0.25) is 0 Å². The standard InChI is InChI=1S/C10H18N2/c1-8(10(2,3)4)5-9-6-11-7-12-9/h6-8H,5H2,1-4H3,(H,11,12). The normalized spacial score (nSPS) is 14.7. The molecule has 0 aliphatic heterocycles. The van der Waals surface area contributed by atoms with Crippen LogP contribution in [-0.2, 0) is 6.42 Å². The lowest BCUT2D eigenvalue weighted by Gasteiger charge is -2.26. The van der Waals surface area contributed by atoms with Crippen LogP contribution in [0.3, 0.4) is 0 Å². The second-order valence-electron chi connectivity index (χ2n) is 4.55. The van der Waals surface area contributed by atoms with E-state index in [1.54, 1.807) is 6.33 Å². The molecule has 12 heavy (non-hydrogen) atoms. The smallest absolute Gasteiger partial charge is 0.0921 e. The SMILES string of the molecule is CC(Cc1cnc[nH]1)C(C)(C)C. The number of rotatable bonds is 2. The lowest BCUT2D eigenvalue weighted by atomic mass is 9.79. The van der Waals surface area contributed by atoms with E-state index in [9.17, 15) is 0 Å². The third kappa shape index (κ3) is 2.36. The fourth-order valence-corrected chi connectivity index (χ4v) is 1.03. The Balaban J connectivity index is 2.53. The van der Waals surface area contributed by atoms with Crippen LogP contribution in [0.15, 0.2) is 12.5 Å². The summed E-state index contributed by atoms with van der Waals surface area (Å²) in [7, 11) is 0. The maximum atomic E-state index is 4.00. The predicted molar refractivity (Wildman–Crippen MR) is 50.9 cm³/mol. The van der Waals surface area contributed by atoms with Gasteiger partial charge in [-0.2, -0.15) is 0 Å². The summed E-state index contributed by atoms with van der Waals surface area (Å²) in [4.78, 5) is 7.13. The Morgan fingerprint density at radius 3 is 2.58 bits per heavy atom. The minimum atomic E-state index is 0.380. The van der Waals surface area contributed by atoms with E-state index >= 15 is 0 Å². The molecule has 0 spiro atoms. The monoisotopic (exact) mass is 166 g/mol. The molecule has 1 unspecified atom stereocenters. The summed E-state index contributed by atoms with van der Waals surface area (Å²) in [6, 6.07) is 0. The van der Waals surface area contributed by atoms with Gasteiger partial charge in [0.1, 0.15) is 0 Å². The summed E-state index contributed by atoms with van der Waals surface area (Å²) in [5.74, 6) is 0.679. The van der Waals surface area contributed by atoms with Gasteiger partial charge in [-0.25, -0.2) is 4.98 Å². The van der Waals surface area contributed by atoms with E-state index in [2.05, 4.69) is 37.7 Å². The van der Waals surface area contributed by atoms with Gasteiger partial charge in [0.05, 0.1) is 6.33 Å². The van der Waals surface area contributed by atoms with E-state index in [0.29, 0.717) is 11.3 Å². The van der Waals surface area contributed by atoms with Gasteiger partial charge >= 0.3 is 0 Å². The van der Waals surface area contributed by atoms with Crippen LogP contribution in [0.5, 0.6) is 0 Å². The first-order chi connectivity index (χ1) is 5.50. The molecule has 0 radical (unpaired) electrons. The number of nitrogens with one attached hydrogen (secondary N) is 1. The average molecular weight is 166 g/mol. The fraction of sp³-hybridized carbons (Fsp3) is 0.700. The molecule has 1 rings (SSSR count). The van der Waals surface area contributed by atoms with Crippen LogP contribution in [0.1, 0.15) is 33.4 Å². The molecular weight excluding hydrogens is 148 g/mol. The van der Waals surface area contributed by atoms with Gasteiger partial charge in [-0.15, -0.1) is 0 Å². The Morgan fingerprint density at radius 2 is 2.17 bits per heavy atom. The Labute approximate surface area is 74.4 Å². The van der Waals surface area contributed by atoms with Crippen LogP contribution in [0.4, 0.5) is 0 Å². The predicted octanol–water partition coefficient (Wildman–Crippen LogP) is 2.63. The van der Waals surface area contributed by atoms with Crippen molar-refractivity contribution in [2.24, 2.45) is 11.3 Å².